The lowest BCUT2D eigenvalue weighted by molar-refractivity contribution is 0.589. The van der Waals surface area contributed by atoms with Crippen molar-refractivity contribution in [1.82, 2.24) is 9.71 Å². The number of rotatable bonds is 2. The van der Waals surface area contributed by atoms with Gasteiger partial charge < -0.3 is 5.32 Å². The van der Waals surface area contributed by atoms with Crippen molar-refractivity contribution >= 4 is 37.6 Å². The number of benzene rings is 1. The first-order valence-electron chi connectivity index (χ1n) is 6.30. The van der Waals surface area contributed by atoms with E-state index in [4.69, 9.17) is 0 Å². The topological polar surface area (TPSA) is 83.5 Å². The average Bonchev–Trinajstić information content (AvgIpc) is 2.50. The van der Waals surface area contributed by atoms with Gasteiger partial charge in [-0.05, 0) is 40.2 Å². The summed E-state index contributed by atoms with van der Waals surface area (Å²) in [7, 11) is -3.90. The number of nitrogens with zero attached hydrogens (tertiary/aromatic N) is 2. The number of guanidine groups is 1. The number of hydrogen-bond acceptors (Lipinski definition) is 4. The van der Waals surface area contributed by atoms with Crippen LogP contribution in [0.2, 0.25) is 0 Å². The Balaban J connectivity index is 1.97. The Morgan fingerprint density at radius 2 is 2.00 bits per heavy atom. The molecule has 0 radical (unpaired) electrons. The Morgan fingerprint density at radius 3 is 2.74 bits per heavy atom. The zero-order chi connectivity index (χ0) is 16.6. The van der Waals surface area contributed by atoms with Gasteiger partial charge in [-0.1, -0.05) is 0 Å². The van der Waals surface area contributed by atoms with Crippen LogP contribution in [-0.2, 0) is 16.6 Å². The molecule has 0 aliphatic carbocycles. The standard InChI is InChI=1S/C13H9BrF2N4O2S/c14-11-8(16)3-4-10-12(11)19-13(20-23(10,21)22)18-6-9-7(15)2-1-5-17-9/h1-5H,6H2,(H2,18,19,20). The number of aromatic nitrogens is 1. The zero-order valence-corrected chi connectivity index (χ0v) is 13.7. The molecule has 0 bridgehead atoms. The van der Waals surface area contributed by atoms with Crippen LogP contribution >= 0.6 is 15.9 Å². The van der Waals surface area contributed by atoms with Crippen LogP contribution in [0, 0.1) is 11.6 Å². The molecule has 1 aromatic heterocycles. The summed E-state index contributed by atoms with van der Waals surface area (Å²) in [6.07, 6.45) is 1.40. The molecule has 10 heteroatoms. The van der Waals surface area contributed by atoms with E-state index in [1.807, 2.05) is 0 Å². The molecule has 2 N–H and O–H groups in total. The van der Waals surface area contributed by atoms with Crippen LogP contribution < -0.4 is 10.0 Å². The molecule has 2 aromatic rings. The monoisotopic (exact) mass is 402 g/mol. The number of sulfonamides is 1. The fourth-order valence-electron chi connectivity index (χ4n) is 1.96. The maximum absolute atomic E-state index is 13.6. The van der Waals surface area contributed by atoms with Crippen molar-refractivity contribution in [2.75, 3.05) is 5.32 Å². The summed E-state index contributed by atoms with van der Waals surface area (Å²) in [5.74, 6) is -1.32. The van der Waals surface area contributed by atoms with E-state index in [0.717, 1.165) is 12.1 Å². The number of pyridine rings is 1. The Kier molecular flexibility index (Phi) is 4.02. The smallest absolute Gasteiger partial charge is 0.266 e. The molecule has 0 amide bonds. The van der Waals surface area contributed by atoms with Crippen LogP contribution in [0.1, 0.15) is 5.69 Å². The Hall–Kier alpha value is -2.07. The number of hydrogen-bond donors (Lipinski definition) is 2. The molecule has 0 spiro atoms. The van der Waals surface area contributed by atoms with E-state index in [1.165, 1.54) is 18.3 Å². The maximum Gasteiger partial charge on any atom is 0.266 e. The van der Waals surface area contributed by atoms with Crippen LogP contribution in [0.15, 0.2) is 44.8 Å². The summed E-state index contributed by atoms with van der Waals surface area (Å²) in [4.78, 5) is 7.65. The highest BCUT2D eigenvalue weighted by Crippen LogP contribution is 2.34. The van der Waals surface area contributed by atoms with Gasteiger partial charge in [0, 0.05) is 6.20 Å². The van der Waals surface area contributed by atoms with E-state index < -0.39 is 21.7 Å². The molecule has 23 heavy (non-hydrogen) atoms. The minimum atomic E-state index is -3.90. The van der Waals surface area contributed by atoms with E-state index in [9.17, 15) is 17.2 Å². The van der Waals surface area contributed by atoms with Crippen molar-refractivity contribution < 1.29 is 17.2 Å². The van der Waals surface area contributed by atoms with Crippen molar-refractivity contribution in [3.05, 3.63) is 52.3 Å². The second kappa shape index (κ2) is 5.85. The molecule has 1 aliphatic rings. The Morgan fingerprint density at radius 1 is 1.22 bits per heavy atom. The van der Waals surface area contributed by atoms with Crippen LogP contribution in [0.4, 0.5) is 14.5 Å². The van der Waals surface area contributed by atoms with E-state index in [0.29, 0.717) is 0 Å². The number of halogens is 3. The van der Waals surface area contributed by atoms with Crippen molar-refractivity contribution in [2.45, 2.75) is 11.4 Å². The van der Waals surface area contributed by atoms with Gasteiger partial charge in [-0.15, -0.1) is 0 Å². The number of aliphatic imine (C=N–C) groups is 1. The van der Waals surface area contributed by atoms with E-state index in [-0.39, 0.29) is 33.3 Å². The SMILES string of the molecule is O=S1(=O)NC(=NCc2ncccc2F)Nc2c1ccc(F)c2Br. The third kappa shape index (κ3) is 3.04. The second-order valence-corrected chi connectivity index (χ2v) is 7.01. The van der Waals surface area contributed by atoms with Gasteiger partial charge in [0.25, 0.3) is 10.0 Å². The van der Waals surface area contributed by atoms with Gasteiger partial charge in [-0.25, -0.2) is 26.9 Å². The highest BCUT2D eigenvalue weighted by molar-refractivity contribution is 9.10. The van der Waals surface area contributed by atoms with Gasteiger partial charge in [0.1, 0.15) is 16.5 Å². The molecule has 6 nitrogen and oxygen atoms in total. The number of nitrogens with one attached hydrogen (secondary N) is 2. The van der Waals surface area contributed by atoms with Crippen LogP contribution in [0.25, 0.3) is 0 Å². The summed E-state index contributed by atoms with van der Waals surface area (Å²) in [6.45, 7) is -0.181. The summed E-state index contributed by atoms with van der Waals surface area (Å²) < 4.78 is 53.6. The Bertz CT molecular complexity index is 918. The number of fused-ring (bicyclic) bond motifs is 1. The quantitative estimate of drug-likeness (QED) is 0.807. The lowest BCUT2D eigenvalue weighted by Crippen LogP contribution is -2.41. The molecule has 3 rings (SSSR count). The summed E-state index contributed by atoms with van der Waals surface area (Å²) in [5, 5.41) is 2.67. The van der Waals surface area contributed by atoms with Gasteiger partial charge in [-0.2, -0.15) is 0 Å². The highest BCUT2D eigenvalue weighted by atomic mass is 79.9. The minimum Gasteiger partial charge on any atom is -0.323 e. The fourth-order valence-corrected chi connectivity index (χ4v) is 3.69. The Labute approximate surface area is 138 Å². The third-order valence-corrected chi connectivity index (χ3v) is 5.20. The number of anilines is 1. The molecule has 1 aliphatic heterocycles. The molecule has 120 valence electrons. The first-order valence-corrected chi connectivity index (χ1v) is 8.58. The van der Waals surface area contributed by atoms with E-state index >= 15 is 0 Å². The molecule has 0 saturated carbocycles. The molecule has 0 fully saturated rings. The van der Waals surface area contributed by atoms with Gasteiger partial charge >= 0.3 is 0 Å². The summed E-state index contributed by atoms with van der Waals surface area (Å²) >= 11 is 3.00. The first-order chi connectivity index (χ1) is 10.9. The van der Waals surface area contributed by atoms with E-state index in [1.54, 1.807) is 0 Å². The maximum atomic E-state index is 13.6. The third-order valence-electron chi connectivity index (χ3n) is 3.04. The molecule has 1 aromatic carbocycles. The normalized spacial score (nSPS) is 17.3. The molecular formula is C13H9BrF2N4O2S. The minimum absolute atomic E-state index is 0.0307. The van der Waals surface area contributed by atoms with Gasteiger partial charge in [0.05, 0.1) is 22.4 Å². The fraction of sp³-hybridized carbons (Fsp3) is 0.0769. The van der Waals surface area contributed by atoms with Crippen molar-refractivity contribution in [2.24, 2.45) is 4.99 Å². The predicted octanol–water partition coefficient (Wildman–Crippen LogP) is 2.38. The second-order valence-electron chi connectivity index (χ2n) is 4.56. The molecule has 0 saturated heterocycles. The first kappa shape index (κ1) is 15.8. The van der Waals surface area contributed by atoms with Crippen molar-refractivity contribution in [3.8, 4) is 0 Å². The zero-order valence-electron chi connectivity index (χ0n) is 11.3. The average molecular weight is 403 g/mol. The molecule has 0 unspecified atom stereocenters. The van der Waals surface area contributed by atoms with Crippen LogP contribution in [0.5, 0.6) is 0 Å². The van der Waals surface area contributed by atoms with Crippen LogP contribution in [-0.4, -0.2) is 19.4 Å². The van der Waals surface area contributed by atoms with Crippen LogP contribution in [0.3, 0.4) is 0 Å². The molecule has 2 heterocycles. The van der Waals surface area contributed by atoms with Gasteiger partial charge in [0.2, 0.25) is 5.96 Å². The predicted molar refractivity (Wildman–Crippen MR) is 83.4 cm³/mol. The highest BCUT2D eigenvalue weighted by Gasteiger charge is 2.29. The lowest BCUT2D eigenvalue weighted by Gasteiger charge is -2.22. The van der Waals surface area contributed by atoms with Gasteiger partial charge in [-0.3, -0.25) is 4.98 Å². The van der Waals surface area contributed by atoms with E-state index in [2.05, 4.69) is 35.9 Å². The summed E-state index contributed by atoms with van der Waals surface area (Å²) in [6, 6.07) is 4.83. The molecule has 0 atom stereocenters. The summed E-state index contributed by atoms with van der Waals surface area (Å²) in [5.41, 5.74) is 0.0918. The van der Waals surface area contributed by atoms with Gasteiger partial charge in [0.15, 0.2) is 0 Å². The van der Waals surface area contributed by atoms with Crippen molar-refractivity contribution in [1.29, 1.82) is 0 Å². The lowest BCUT2D eigenvalue weighted by atomic mass is 10.3. The largest absolute Gasteiger partial charge is 0.323 e. The molecular weight excluding hydrogens is 394 g/mol. The van der Waals surface area contributed by atoms with Crippen molar-refractivity contribution in [3.63, 3.8) is 0 Å².